The summed E-state index contributed by atoms with van der Waals surface area (Å²) in [4.78, 5) is 12.6. The third-order valence-electron chi connectivity index (χ3n) is 4.98. The molecular formula is C24H22BrN3O. The van der Waals surface area contributed by atoms with Crippen LogP contribution in [0.1, 0.15) is 28.1 Å². The van der Waals surface area contributed by atoms with Crippen LogP contribution in [0.5, 0.6) is 0 Å². The van der Waals surface area contributed by atoms with Gasteiger partial charge >= 0.3 is 0 Å². The Labute approximate surface area is 179 Å². The van der Waals surface area contributed by atoms with Gasteiger partial charge in [0.05, 0.1) is 0 Å². The van der Waals surface area contributed by atoms with E-state index in [1.54, 1.807) is 6.08 Å². The molecule has 1 amide bonds. The maximum absolute atomic E-state index is 12.6. The highest BCUT2D eigenvalue weighted by Gasteiger charge is 2.14. The van der Waals surface area contributed by atoms with Crippen molar-refractivity contribution in [1.29, 1.82) is 5.26 Å². The van der Waals surface area contributed by atoms with Gasteiger partial charge in [-0.15, -0.1) is 0 Å². The minimum atomic E-state index is -0.413. The van der Waals surface area contributed by atoms with Crippen LogP contribution in [0, 0.1) is 39.0 Å². The van der Waals surface area contributed by atoms with E-state index in [1.165, 1.54) is 0 Å². The molecule has 0 spiro atoms. The molecule has 2 aromatic carbocycles. The largest absolute Gasteiger partial charge is 0.321 e. The summed E-state index contributed by atoms with van der Waals surface area (Å²) in [6, 6.07) is 17.7. The van der Waals surface area contributed by atoms with Gasteiger partial charge in [-0.2, -0.15) is 5.26 Å². The lowest BCUT2D eigenvalue weighted by molar-refractivity contribution is -0.112. The number of halogens is 1. The van der Waals surface area contributed by atoms with Crippen LogP contribution in [0.3, 0.4) is 0 Å². The van der Waals surface area contributed by atoms with Crippen LogP contribution in [0.2, 0.25) is 0 Å². The van der Waals surface area contributed by atoms with Crippen LogP contribution in [-0.4, -0.2) is 10.5 Å². The van der Waals surface area contributed by atoms with Crippen LogP contribution < -0.4 is 5.32 Å². The van der Waals surface area contributed by atoms with Crippen LogP contribution >= 0.6 is 15.9 Å². The van der Waals surface area contributed by atoms with Crippen molar-refractivity contribution in [2.75, 3.05) is 5.32 Å². The van der Waals surface area contributed by atoms with Crippen molar-refractivity contribution in [2.24, 2.45) is 0 Å². The molecule has 0 radical (unpaired) electrons. The lowest BCUT2D eigenvalue weighted by Crippen LogP contribution is -2.13. The first kappa shape index (κ1) is 20.6. The minimum Gasteiger partial charge on any atom is -0.321 e. The minimum absolute atomic E-state index is 0.0688. The fraction of sp³-hybridized carbons (Fsp3) is 0.167. The molecule has 0 fully saturated rings. The first-order chi connectivity index (χ1) is 13.8. The predicted molar refractivity (Wildman–Crippen MR) is 121 cm³/mol. The van der Waals surface area contributed by atoms with Crippen LogP contribution in [0.25, 0.3) is 11.8 Å². The molecule has 0 aliphatic rings. The lowest BCUT2D eigenvalue weighted by Gasteiger charge is -2.10. The summed E-state index contributed by atoms with van der Waals surface area (Å²) < 4.78 is 3.12. The van der Waals surface area contributed by atoms with Crippen molar-refractivity contribution < 1.29 is 4.79 Å². The molecule has 0 saturated heterocycles. The Morgan fingerprint density at radius 2 is 1.72 bits per heavy atom. The highest BCUT2D eigenvalue weighted by Crippen LogP contribution is 2.24. The summed E-state index contributed by atoms with van der Waals surface area (Å²) in [6.07, 6.45) is 1.65. The Bertz CT molecular complexity index is 1150. The molecule has 0 unspecified atom stereocenters. The van der Waals surface area contributed by atoms with Gasteiger partial charge < -0.3 is 9.88 Å². The topological polar surface area (TPSA) is 57.8 Å². The van der Waals surface area contributed by atoms with Crippen molar-refractivity contribution in [1.82, 2.24) is 4.57 Å². The smallest absolute Gasteiger partial charge is 0.266 e. The number of carbonyl (C=O) groups excluding carboxylic acids is 1. The molecule has 0 bridgehead atoms. The highest BCUT2D eigenvalue weighted by atomic mass is 79.9. The Balaban J connectivity index is 1.92. The quantitative estimate of drug-likeness (QED) is 0.392. The number of nitriles is 1. The van der Waals surface area contributed by atoms with Crippen molar-refractivity contribution in [3.8, 4) is 11.8 Å². The van der Waals surface area contributed by atoms with Crippen molar-refractivity contribution in [2.45, 2.75) is 27.7 Å². The zero-order valence-electron chi connectivity index (χ0n) is 16.9. The van der Waals surface area contributed by atoms with Gasteiger partial charge in [0.25, 0.3) is 5.91 Å². The van der Waals surface area contributed by atoms with E-state index < -0.39 is 5.91 Å². The molecule has 1 heterocycles. The van der Waals surface area contributed by atoms with E-state index in [0.29, 0.717) is 5.69 Å². The van der Waals surface area contributed by atoms with E-state index in [1.807, 2.05) is 82.3 Å². The maximum Gasteiger partial charge on any atom is 0.266 e. The molecule has 4 nitrogen and oxygen atoms in total. The number of nitrogens with zero attached hydrogens (tertiary/aromatic N) is 2. The maximum atomic E-state index is 12.6. The number of rotatable bonds is 4. The molecule has 1 N–H and O–H groups in total. The summed E-state index contributed by atoms with van der Waals surface area (Å²) in [6.45, 7) is 8.00. The summed E-state index contributed by atoms with van der Waals surface area (Å²) in [5.41, 5.74) is 6.86. The standard InChI is InChI=1S/C24H22BrN3O/c1-15-5-8-22(11-16(15)2)27-24(29)20(14-26)13-19-12-17(3)28(18(19)4)23-9-6-21(25)7-10-23/h5-13H,1-4H3,(H,27,29). The average molecular weight is 448 g/mol. The lowest BCUT2D eigenvalue weighted by atomic mass is 10.1. The highest BCUT2D eigenvalue weighted by molar-refractivity contribution is 9.10. The van der Waals surface area contributed by atoms with Crippen molar-refractivity contribution >= 4 is 33.6 Å². The van der Waals surface area contributed by atoms with Crippen LogP contribution in [-0.2, 0) is 4.79 Å². The number of carbonyl (C=O) groups is 1. The van der Waals surface area contributed by atoms with Crippen molar-refractivity contribution in [3.63, 3.8) is 0 Å². The Morgan fingerprint density at radius 3 is 2.34 bits per heavy atom. The zero-order valence-corrected chi connectivity index (χ0v) is 18.5. The number of hydrogen-bond donors (Lipinski definition) is 1. The fourth-order valence-corrected chi connectivity index (χ4v) is 3.51. The number of nitrogens with one attached hydrogen (secondary N) is 1. The van der Waals surface area contributed by atoms with Gasteiger partial charge in [0.1, 0.15) is 11.6 Å². The molecule has 146 valence electrons. The number of aryl methyl sites for hydroxylation is 3. The number of benzene rings is 2. The molecule has 29 heavy (non-hydrogen) atoms. The SMILES string of the molecule is Cc1ccc(NC(=O)C(C#N)=Cc2cc(C)n(-c3ccc(Br)cc3)c2C)cc1C. The number of anilines is 1. The molecular weight excluding hydrogens is 426 g/mol. The molecule has 1 aromatic heterocycles. The van der Waals surface area contributed by atoms with E-state index >= 15 is 0 Å². The first-order valence-electron chi connectivity index (χ1n) is 9.25. The summed E-state index contributed by atoms with van der Waals surface area (Å²) in [5, 5.41) is 12.4. The zero-order chi connectivity index (χ0) is 21.1. The average Bonchev–Trinajstić information content (AvgIpc) is 2.96. The van der Waals surface area contributed by atoms with Gasteiger partial charge in [0.2, 0.25) is 0 Å². The molecule has 5 heteroatoms. The Morgan fingerprint density at radius 1 is 1.03 bits per heavy atom. The van der Waals surface area contributed by atoms with Gasteiger partial charge in [0, 0.05) is 27.2 Å². The fourth-order valence-electron chi connectivity index (χ4n) is 3.24. The molecule has 0 aliphatic heterocycles. The molecule has 3 rings (SSSR count). The molecule has 0 saturated carbocycles. The number of amides is 1. The van der Waals surface area contributed by atoms with E-state index in [9.17, 15) is 10.1 Å². The first-order valence-corrected chi connectivity index (χ1v) is 10.0. The molecule has 0 aliphatic carbocycles. The van der Waals surface area contributed by atoms with Gasteiger partial charge in [0.15, 0.2) is 0 Å². The summed E-state index contributed by atoms with van der Waals surface area (Å²) in [5.74, 6) is -0.413. The molecule has 0 atom stereocenters. The van der Waals surface area contributed by atoms with E-state index in [4.69, 9.17) is 0 Å². The van der Waals surface area contributed by atoms with Crippen molar-refractivity contribution in [3.05, 3.63) is 86.7 Å². The van der Waals surface area contributed by atoms with E-state index in [-0.39, 0.29) is 5.57 Å². The second-order valence-electron chi connectivity index (χ2n) is 7.06. The van der Waals surface area contributed by atoms with E-state index in [2.05, 4.69) is 25.8 Å². The second-order valence-corrected chi connectivity index (χ2v) is 7.98. The van der Waals surface area contributed by atoms with Crippen LogP contribution in [0.15, 0.2) is 58.6 Å². The van der Waals surface area contributed by atoms with Crippen LogP contribution in [0.4, 0.5) is 5.69 Å². The third-order valence-corrected chi connectivity index (χ3v) is 5.51. The number of aromatic nitrogens is 1. The monoisotopic (exact) mass is 447 g/mol. The summed E-state index contributed by atoms with van der Waals surface area (Å²) in [7, 11) is 0. The third kappa shape index (κ3) is 4.49. The predicted octanol–water partition coefficient (Wildman–Crippen LogP) is 6.02. The second kappa shape index (κ2) is 8.50. The Hall–Kier alpha value is -3.10. The number of hydrogen-bond acceptors (Lipinski definition) is 2. The van der Waals surface area contributed by atoms with Gasteiger partial charge in [-0.25, -0.2) is 0 Å². The normalized spacial score (nSPS) is 11.2. The van der Waals surface area contributed by atoms with Gasteiger partial charge in [-0.1, -0.05) is 22.0 Å². The van der Waals surface area contributed by atoms with Gasteiger partial charge in [-0.3, -0.25) is 4.79 Å². The molecule has 3 aromatic rings. The Kier molecular flexibility index (Phi) is 6.05. The van der Waals surface area contributed by atoms with E-state index in [0.717, 1.165) is 38.2 Å². The van der Waals surface area contributed by atoms with Gasteiger partial charge in [-0.05, 0) is 92.9 Å². The summed E-state index contributed by atoms with van der Waals surface area (Å²) >= 11 is 3.45.